The average Bonchev–Trinajstić information content (AvgIpc) is 2.54. The standard InChI is InChI=1S/C18H23NO2S/c1-4-14(2)16-10-12-18(13-11-16)22(20,21)19-15(3)17-8-6-5-7-9-17/h5-15,19H,4H2,1-3H3. The largest absolute Gasteiger partial charge is 0.241 e. The van der Waals surface area contributed by atoms with Gasteiger partial charge in [-0.25, -0.2) is 13.1 Å². The molecule has 2 rings (SSSR count). The molecule has 2 atom stereocenters. The third kappa shape index (κ3) is 3.96. The van der Waals surface area contributed by atoms with Crippen molar-refractivity contribution in [3.05, 3.63) is 65.7 Å². The first-order valence-corrected chi connectivity index (χ1v) is 9.09. The van der Waals surface area contributed by atoms with Gasteiger partial charge in [0.2, 0.25) is 10.0 Å². The maximum absolute atomic E-state index is 12.5. The van der Waals surface area contributed by atoms with Crippen molar-refractivity contribution in [2.75, 3.05) is 0 Å². The molecule has 118 valence electrons. The first-order valence-electron chi connectivity index (χ1n) is 7.61. The lowest BCUT2D eigenvalue weighted by Gasteiger charge is -2.15. The fourth-order valence-electron chi connectivity index (χ4n) is 2.32. The quantitative estimate of drug-likeness (QED) is 0.866. The number of hydrogen-bond acceptors (Lipinski definition) is 2. The molecule has 0 heterocycles. The van der Waals surface area contributed by atoms with Crippen LogP contribution in [0.5, 0.6) is 0 Å². The highest BCUT2D eigenvalue weighted by molar-refractivity contribution is 7.89. The molecule has 0 amide bonds. The summed E-state index contributed by atoms with van der Waals surface area (Å²) in [6, 6.07) is 16.5. The van der Waals surface area contributed by atoms with Crippen LogP contribution in [-0.4, -0.2) is 8.42 Å². The number of rotatable bonds is 6. The minimum atomic E-state index is -3.51. The molecule has 4 heteroatoms. The van der Waals surface area contributed by atoms with Crippen molar-refractivity contribution in [1.82, 2.24) is 4.72 Å². The van der Waals surface area contributed by atoms with Crippen molar-refractivity contribution in [1.29, 1.82) is 0 Å². The monoisotopic (exact) mass is 317 g/mol. The molecule has 2 aromatic rings. The van der Waals surface area contributed by atoms with Crippen LogP contribution in [0.3, 0.4) is 0 Å². The first-order chi connectivity index (χ1) is 10.4. The summed E-state index contributed by atoms with van der Waals surface area (Å²) < 4.78 is 27.6. The number of nitrogens with one attached hydrogen (secondary N) is 1. The van der Waals surface area contributed by atoms with Gasteiger partial charge in [0, 0.05) is 6.04 Å². The molecule has 0 radical (unpaired) electrons. The van der Waals surface area contributed by atoms with E-state index in [1.807, 2.05) is 49.4 Å². The highest BCUT2D eigenvalue weighted by Gasteiger charge is 2.18. The second-order valence-corrected chi connectivity index (χ2v) is 7.35. The van der Waals surface area contributed by atoms with Crippen LogP contribution in [0.15, 0.2) is 59.5 Å². The first kappa shape index (κ1) is 16.7. The third-order valence-corrected chi connectivity index (χ3v) is 5.56. The third-order valence-electron chi connectivity index (χ3n) is 4.00. The molecule has 22 heavy (non-hydrogen) atoms. The maximum atomic E-state index is 12.5. The van der Waals surface area contributed by atoms with Crippen molar-refractivity contribution in [2.45, 2.75) is 44.0 Å². The van der Waals surface area contributed by atoms with Gasteiger partial charge in [0.1, 0.15) is 0 Å². The molecule has 0 fully saturated rings. The molecule has 0 aliphatic heterocycles. The van der Waals surface area contributed by atoms with Gasteiger partial charge in [-0.2, -0.15) is 0 Å². The summed E-state index contributed by atoms with van der Waals surface area (Å²) in [5.41, 5.74) is 2.11. The topological polar surface area (TPSA) is 46.2 Å². The molecule has 2 unspecified atom stereocenters. The predicted octanol–water partition coefficient (Wildman–Crippen LogP) is 4.24. The van der Waals surface area contributed by atoms with Gasteiger partial charge in [-0.1, -0.05) is 56.3 Å². The summed E-state index contributed by atoms with van der Waals surface area (Å²) in [4.78, 5) is 0.308. The Morgan fingerprint density at radius 1 is 0.909 bits per heavy atom. The SMILES string of the molecule is CCC(C)c1ccc(S(=O)(=O)NC(C)c2ccccc2)cc1. The van der Waals surface area contributed by atoms with E-state index in [1.165, 1.54) is 0 Å². The van der Waals surface area contributed by atoms with Crippen LogP contribution in [0, 0.1) is 0 Å². The van der Waals surface area contributed by atoms with Crippen LogP contribution < -0.4 is 4.72 Å². The van der Waals surface area contributed by atoms with E-state index in [2.05, 4.69) is 18.6 Å². The minimum absolute atomic E-state index is 0.263. The maximum Gasteiger partial charge on any atom is 0.241 e. The fraction of sp³-hybridized carbons (Fsp3) is 0.333. The Morgan fingerprint density at radius 2 is 1.50 bits per heavy atom. The van der Waals surface area contributed by atoms with Crippen LogP contribution in [0.25, 0.3) is 0 Å². The van der Waals surface area contributed by atoms with Crippen LogP contribution in [0.4, 0.5) is 0 Å². The molecule has 1 N–H and O–H groups in total. The van der Waals surface area contributed by atoms with Gasteiger partial charge in [0.05, 0.1) is 4.90 Å². The van der Waals surface area contributed by atoms with Gasteiger partial charge in [-0.05, 0) is 42.5 Å². The van der Waals surface area contributed by atoms with E-state index in [0.717, 1.165) is 17.5 Å². The molecule has 0 saturated carbocycles. The predicted molar refractivity (Wildman–Crippen MR) is 90.3 cm³/mol. The Bertz CT molecular complexity index is 694. The van der Waals surface area contributed by atoms with Crippen LogP contribution >= 0.6 is 0 Å². The Hall–Kier alpha value is -1.65. The number of hydrogen-bond donors (Lipinski definition) is 1. The van der Waals surface area contributed by atoms with Gasteiger partial charge in [0.25, 0.3) is 0 Å². The van der Waals surface area contributed by atoms with E-state index in [1.54, 1.807) is 12.1 Å². The molecule has 0 bridgehead atoms. The lowest BCUT2D eigenvalue weighted by atomic mass is 9.99. The lowest BCUT2D eigenvalue weighted by molar-refractivity contribution is 0.567. The summed E-state index contributed by atoms with van der Waals surface area (Å²) in [6.45, 7) is 6.11. The van der Waals surface area contributed by atoms with Gasteiger partial charge in [-0.15, -0.1) is 0 Å². The summed E-state index contributed by atoms with van der Waals surface area (Å²) in [5.74, 6) is 0.438. The molecule has 0 spiro atoms. The van der Waals surface area contributed by atoms with E-state index >= 15 is 0 Å². The number of sulfonamides is 1. The van der Waals surface area contributed by atoms with Gasteiger partial charge < -0.3 is 0 Å². The van der Waals surface area contributed by atoms with Gasteiger partial charge in [0.15, 0.2) is 0 Å². The molecule has 2 aromatic carbocycles. The summed E-state index contributed by atoms with van der Waals surface area (Å²) in [6.07, 6.45) is 1.04. The van der Waals surface area contributed by atoms with E-state index in [-0.39, 0.29) is 6.04 Å². The van der Waals surface area contributed by atoms with E-state index in [9.17, 15) is 8.42 Å². The highest BCUT2D eigenvalue weighted by atomic mass is 32.2. The van der Waals surface area contributed by atoms with E-state index in [0.29, 0.717) is 10.8 Å². The zero-order valence-electron chi connectivity index (χ0n) is 13.3. The van der Waals surface area contributed by atoms with Crippen molar-refractivity contribution < 1.29 is 8.42 Å². The molecular weight excluding hydrogens is 294 g/mol. The normalized spacial score (nSPS) is 14.5. The Morgan fingerprint density at radius 3 is 2.05 bits per heavy atom. The molecule has 0 aromatic heterocycles. The average molecular weight is 317 g/mol. The zero-order valence-corrected chi connectivity index (χ0v) is 14.1. The molecule has 0 saturated heterocycles. The Kier molecular flexibility index (Phi) is 5.37. The Labute approximate surface area is 133 Å². The molecule has 3 nitrogen and oxygen atoms in total. The molecule has 0 aliphatic rings. The smallest absolute Gasteiger partial charge is 0.207 e. The minimum Gasteiger partial charge on any atom is -0.207 e. The van der Waals surface area contributed by atoms with E-state index in [4.69, 9.17) is 0 Å². The molecular formula is C18H23NO2S. The Balaban J connectivity index is 2.16. The summed E-state index contributed by atoms with van der Waals surface area (Å²) >= 11 is 0. The summed E-state index contributed by atoms with van der Waals surface area (Å²) in [5, 5.41) is 0. The van der Waals surface area contributed by atoms with Crippen LogP contribution in [0.1, 0.15) is 50.3 Å². The molecule has 0 aliphatic carbocycles. The highest BCUT2D eigenvalue weighted by Crippen LogP contribution is 2.21. The summed E-state index contributed by atoms with van der Waals surface area (Å²) in [7, 11) is -3.51. The van der Waals surface area contributed by atoms with E-state index < -0.39 is 10.0 Å². The number of benzene rings is 2. The van der Waals surface area contributed by atoms with Crippen LogP contribution in [0.2, 0.25) is 0 Å². The fourth-order valence-corrected chi connectivity index (χ4v) is 3.55. The van der Waals surface area contributed by atoms with Crippen molar-refractivity contribution in [3.8, 4) is 0 Å². The van der Waals surface area contributed by atoms with Crippen molar-refractivity contribution in [3.63, 3.8) is 0 Å². The second-order valence-electron chi connectivity index (χ2n) is 5.63. The van der Waals surface area contributed by atoms with Crippen LogP contribution in [-0.2, 0) is 10.0 Å². The van der Waals surface area contributed by atoms with Gasteiger partial charge in [-0.3, -0.25) is 0 Å². The van der Waals surface area contributed by atoms with Crippen molar-refractivity contribution in [2.24, 2.45) is 0 Å². The lowest BCUT2D eigenvalue weighted by Crippen LogP contribution is -2.26. The second kappa shape index (κ2) is 7.07. The van der Waals surface area contributed by atoms with Gasteiger partial charge >= 0.3 is 0 Å². The zero-order chi connectivity index (χ0) is 16.2. The van der Waals surface area contributed by atoms with Crippen molar-refractivity contribution >= 4 is 10.0 Å².